The fourth-order valence-corrected chi connectivity index (χ4v) is 0.640. The molecule has 1 atom stereocenters. The number of carbonyl (C=O) groups is 1. The first-order chi connectivity index (χ1) is 4.84. The molecule has 0 saturated carbocycles. The first-order valence-corrected chi connectivity index (χ1v) is 2.88. The Kier molecular flexibility index (Phi) is 1.86. The predicted molar refractivity (Wildman–Crippen MR) is 35.5 cm³/mol. The molecule has 10 heavy (non-hydrogen) atoms. The van der Waals surface area contributed by atoms with Crippen molar-refractivity contribution in [2.24, 2.45) is 5.92 Å². The summed E-state index contributed by atoms with van der Waals surface area (Å²) in [6.45, 7) is 0. The molecule has 0 bridgehead atoms. The van der Waals surface area contributed by atoms with Gasteiger partial charge in [0.1, 0.15) is 5.92 Å². The van der Waals surface area contributed by atoms with Crippen molar-refractivity contribution in [2.75, 3.05) is 0 Å². The molecule has 3 heteroatoms. The lowest BCUT2D eigenvalue weighted by Crippen LogP contribution is -2.23. The molecule has 3 nitrogen and oxygen atoms in total. The SMILES string of the molecule is N#CC1C=CC=CNC1=O. The Morgan fingerprint density at radius 3 is 3.10 bits per heavy atom. The molecule has 1 N–H and O–H groups in total. The van der Waals surface area contributed by atoms with Crippen LogP contribution in [-0.4, -0.2) is 5.91 Å². The summed E-state index contributed by atoms with van der Waals surface area (Å²) in [6.07, 6.45) is 6.41. The number of allylic oxidation sites excluding steroid dienone is 2. The molecule has 0 spiro atoms. The number of carbonyl (C=O) groups excluding carboxylic acids is 1. The molecule has 0 aromatic heterocycles. The molecule has 0 aromatic carbocycles. The number of hydrogen-bond acceptors (Lipinski definition) is 2. The molecular weight excluding hydrogens is 128 g/mol. The van der Waals surface area contributed by atoms with Gasteiger partial charge < -0.3 is 5.32 Å². The number of amides is 1. The maximum Gasteiger partial charge on any atom is 0.245 e. The van der Waals surface area contributed by atoms with Crippen LogP contribution in [0.2, 0.25) is 0 Å². The van der Waals surface area contributed by atoms with Crippen molar-refractivity contribution in [1.82, 2.24) is 5.32 Å². The van der Waals surface area contributed by atoms with E-state index in [-0.39, 0.29) is 5.91 Å². The van der Waals surface area contributed by atoms with Gasteiger partial charge in [0, 0.05) is 6.20 Å². The van der Waals surface area contributed by atoms with Crippen molar-refractivity contribution in [3.05, 3.63) is 24.4 Å². The molecule has 1 aliphatic heterocycles. The second-order valence-corrected chi connectivity index (χ2v) is 1.86. The van der Waals surface area contributed by atoms with Gasteiger partial charge in [-0.05, 0) is 6.08 Å². The molecule has 1 rings (SSSR count). The van der Waals surface area contributed by atoms with Gasteiger partial charge in [0.2, 0.25) is 5.91 Å². The topological polar surface area (TPSA) is 52.9 Å². The zero-order chi connectivity index (χ0) is 7.40. The predicted octanol–water partition coefficient (Wildman–Crippen LogP) is 0.326. The monoisotopic (exact) mass is 134 g/mol. The van der Waals surface area contributed by atoms with Gasteiger partial charge in [-0.25, -0.2) is 0 Å². The highest BCUT2D eigenvalue weighted by Crippen LogP contribution is 1.99. The molecule has 1 heterocycles. The van der Waals surface area contributed by atoms with Crippen LogP contribution in [0.4, 0.5) is 0 Å². The summed E-state index contributed by atoms with van der Waals surface area (Å²) in [4.78, 5) is 10.8. The third kappa shape index (κ3) is 1.23. The summed E-state index contributed by atoms with van der Waals surface area (Å²) in [6, 6.07) is 1.85. The zero-order valence-electron chi connectivity index (χ0n) is 5.24. The molecule has 1 unspecified atom stereocenters. The van der Waals surface area contributed by atoms with Crippen molar-refractivity contribution < 1.29 is 4.79 Å². The van der Waals surface area contributed by atoms with Gasteiger partial charge in [-0.3, -0.25) is 4.79 Å². The third-order valence-electron chi connectivity index (χ3n) is 1.16. The van der Waals surface area contributed by atoms with Gasteiger partial charge in [-0.2, -0.15) is 5.26 Å². The smallest absolute Gasteiger partial charge is 0.245 e. The number of nitrogens with one attached hydrogen (secondary N) is 1. The van der Waals surface area contributed by atoms with E-state index in [1.54, 1.807) is 18.2 Å². The van der Waals surface area contributed by atoms with Crippen molar-refractivity contribution in [3.8, 4) is 6.07 Å². The Balaban J connectivity index is 2.78. The molecule has 0 saturated heterocycles. The second-order valence-electron chi connectivity index (χ2n) is 1.86. The molecule has 0 aromatic rings. The first kappa shape index (κ1) is 6.56. The van der Waals surface area contributed by atoms with Gasteiger partial charge >= 0.3 is 0 Å². The average Bonchev–Trinajstić information content (AvgIpc) is 2.13. The van der Waals surface area contributed by atoms with Gasteiger partial charge in [-0.15, -0.1) is 0 Å². The highest BCUT2D eigenvalue weighted by atomic mass is 16.1. The fraction of sp³-hybridized carbons (Fsp3) is 0.143. The maximum atomic E-state index is 10.8. The Hall–Kier alpha value is -1.56. The summed E-state index contributed by atoms with van der Waals surface area (Å²) < 4.78 is 0. The van der Waals surface area contributed by atoms with Gasteiger partial charge in [0.15, 0.2) is 0 Å². The molecule has 0 fully saturated rings. The van der Waals surface area contributed by atoms with Crippen molar-refractivity contribution in [1.29, 1.82) is 5.26 Å². The highest BCUT2D eigenvalue weighted by molar-refractivity contribution is 5.84. The Morgan fingerprint density at radius 2 is 2.40 bits per heavy atom. The van der Waals surface area contributed by atoms with Gasteiger partial charge in [0.05, 0.1) is 6.07 Å². The minimum absolute atomic E-state index is 0.271. The van der Waals surface area contributed by atoms with Crippen LogP contribution in [0.25, 0.3) is 0 Å². The zero-order valence-corrected chi connectivity index (χ0v) is 5.24. The van der Waals surface area contributed by atoms with E-state index in [1.807, 2.05) is 6.07 Å². The van der Waals surface area contributed by atoms with E-state index in [9.17, 15) is 4.79 Å². The largest absolute Gasteiger partial charge is 0.331 e. The van der Waals surface area contributed by atoms with Crippen LogP contribution in [0.15, 0.2) is 24.4 Å². The van der Waals surface area contributed by atoms with E-state index in [2.05, 4.69) is 5.32 Å². The summed E-state index contributed by atoms with van der Waals surface area (Å²) in [7, 11) is 0. The summed E-state index contributed by atoms with van der Waals surface area (Å²) in [5.74, 6) is -0.914. The van der Waals surface area contributed by atoms with Crippen LogP contribution in [0.5, 0.6) is 0 Å². The van der Waals surface area contributed by atoms with Gasteiger partial charge in [0.25, 0.3) is 0 Å². The van der Waals surface area contributed by atoms with E-state index in [1.165, 1.54) is 6.20 Å². The second kappa shape index (κ2) is 2.83. The number of rotatable bonds is 0. The summed E-state index contributed by atoms with van der Waals surface area (Å²) >= 11 is 0. The molecule has 1 aliphatic rings. The van der Waals surface area contributed by atoms with Crippen molar-refractivity contribution in [2.45, 2.75) is 0 Å². The molecule has 0 radical (unpaired) electrons. The van der Waals surface area contributed by atoms with Gasteiger partial charge in [-0.1, -0.05) is 12.2 Å². The quantitative estimate of drug-likeness (QED) is 0.519. The minimum Gasteiger partial charge on any atom is -0.331 e. The van der Waals surface area contributed by atoms with E-state index in [0.29, 0.717) is 0 Å². The lowest BCUT2D eigenvalue weighted by molar-refractivity contribution is -0.121. The molecule has 0 aliphatic carbocycles. The molecule has 1 amide bonds. The van der Waals surface area contributed by atoms with Crippen molar-refractivity contribution >= 4 is 5.91 Å². The maximum absolute atomic E-state index is 10.8. The minimum atomic E-state index is -0.644. The van der Waals surface area contributed by atoms with Crippen LogP contribution < -0.4 is 5.32 Å². The van der Waals surface area contributed by atoms with Crippen LogP contribution in [-0.2, 0) is 4.79 Å². The number of nitriles is 1. The van der Waals surface area contributed by atoms with Crippen LogP contribution in [0, 0.1) is 17.2 Å². The van der Waals surface area contributed by atoms with E-state index in [4.69, 9.17) is 5.26 Å². The summed E-state index contributed by atoms with van der Waals surface area (Å²) in [5.41, 5.74) is 0. The number of nitrogens with zero attached hydrogens (tertiary/aromatic N) is 1. The lowest BCUT2D eigenvalue weighted by Gasteiger charge is -1.97. The lowest BCUT2D eigenvalue weighted by atomic mass is 10.1. The average molecular weight is 134 g/mol. The Bertz CT molecular complexity index is 234. The van der Waals surface area contributed by atoms with Crippen LogP contribution in [0.1, 0.15) is 0 Å². The Labute approximate surface area is 58.6 Å². The fourth-order valence-electron chi connectivity index (χ4n) is 0.640. The van der Waals surface area contributed by atoms with Crippen molar-refractivity contribution in [3.63, 3.8) is 0 Å². The molecular formula is C7H6N2O. The molecule has 50 valence electrons. The van der Waals surface area contributed by atoms with Crippen LogP contribution >= 0.6 is 0 Å². The summed E-state index contributed by atoms with van der Waals surface area (Å²) in [5, 5.41) is 10.8. The first-order valence-electron chi connectivity index (χ1n) is 2.88. The number of hydrogen-bond donors (Lipinski definition) is 1. The standard InChI is InChI=1S/C7H6N2O/c8-5-6-3-1-2-4-9-7(6)10/h1-4,6H,(H,9,10). The van der Waals surface area contributed by atoms with Crippen LogP contribution in [0.3, 0.4) is 0 Å². The highest BCUT2D eigenvalue weighted by Gasteiger charge is 2.12. The Morgan fingerprint density at radius 1 is 1.60 bits per heavy atom. The van der Waals surface area contributed by atoms with E-state index < -0.39 is 5.92 Å². The third-order valence-corrected chi connectivity index (χ3v) is 1.16. The van der Waals surface area contributed by atoms with E-state index in [0.717, 1.165) is 0 Å². The normalized spacial score (nSPS) is 23.1. The van der Waals surface area contributed by atoms with E-state index >= 15 is 0 Å².